The summed E-state index contributed by atoms with van der Waals surface area (Å²) in [6, 6.07) is 10.6. The Kier molecular flexibility index (Phi) is 9.45. The summed E-state index contributed by atoms with van der Waals surface area (Å²) in [6.45, 7) is 3.23. The first-order chi connectivity index (χ1) is 11.6. The van der Waals surface area contributed by atoms with Crippen LogP contribution in [0, 0.1) is 23.1 Å². The first-order valence-electron chi connectivity index (χ1n) is 7.77. The van der Waals surface area contributed by atoms with Crippen molar-refractivity contribution in [3.8, 4) is 6.07 Å². The standard InChI is InChI=1S/C18H21FN4S.HI/c1-13(8-16-4-3-7-24-16)11-22-18(21-2)23-12-15-9-14(10-20)5-6-17(15)19;/h3-7,9,13H,8,11-12H2,1-2H3,(H2,21,22,23);1H. The molecule has 2 N–H and O–H groups in total. The van der Waals surface area contributed by atoms with Gasteiger partial charge in [0.2, 0.25) is 0 Å². The summed E-state index contributed by atoms with van der Waals surface area (Å²) in [7, 11) is 1.68. The van der Waals surface area contributed by atoms with Crippen molar-refractivity contribution >= 4 is 41.3 Å². The molecular weight excluding hydrogens is 450 g/mol. The fourth-order valence-corrected chi connectivity index (χ4v) is 3.16. The Balaban J connectivity index is 0.00000312. The Hall–Kier alpha value is -1.66. The van der Waals surface area contributed by atoms with E-state index in [-0.39, 0.29) is 36.3 Å². The van der Waals surface area contributed by atoms with Gasteiger partial charge in [0.15, 0.2) is 5.96 Å². The topological polar surface area (TPSA) is 60.2 Å². The number of hydrogen-bond acceptors (Lipinski definition) is 3. The van der Waals surface area contributed by atoms with Crippen molar-refractivity contribution in [1.82, 2.24) is 10.6 Å². The second-order valence-corrected chi connectivity index (χ2v) is 6.65. The predicted octanol–water partition coefficient (Wildman–Crippen LogP) is 3.92. The van der Waals surface area contributed by atoms with E-state index in [4.69, 9.17) is 5.26 Å². The molecule has 0 saturated carbocycles. The van der Waals surface area contributed by atoms with Crippen LogP contribution in [0.4, 0.5) is 4.39 Å². The number of halogens is 2. The summed E-state index contributed by atoms with van der Waals surface area (Å²) in [5.41, 5.74) is 0.893. The summed E-state index contributed by atoms with van der Waals surface area (Å²) < 4.78 is 13.8. The Morgan fingerprint density at radius 2 is 2.16 bits per heavy atom. The largest absolute Gasteiger partial charge is 0.356 e. The van der Waals surface area contributed by atoms with Crippen molar-refractivity contribution in [1.29, 1.82) is 5.26 Å². The number of hydrogen-bond donors (Lipinski definition) is 2. The number of nitriles is 1. The van der Waals surface area contributed by atoms with E-state index >= 15 is 0 Å². The van der Waals surface area contributed by atoms with Gasteiger partial charge in [0.1, 0.15) is 5.82 Å². The maximum Gasteiger partial charge on any atom is 0.191 e. The molecule has 0 aliphatic carbocycles. The van der Waals surface area contributed by atoms with Crippen LogP contribution in [0.25, 0.3) is 0 Å². The van der Waals surface area contributed by atoms with Gasteiger partial charge in [-0.3, -0.25) is 4.99 Å². The molecule has 25 heavy (non-hydrogen) atoms. The molecule has 0 radical (unpaired) electrons. The Bertz CT molecular complexity index is 725. The fraction of sp³-hybridized carbons (Fsp3) is 0.333. The third-order valence-electron chi connectivity index (χ3n) is 3.59. The first-order valence-corrected chi connectivity index (χ1v) is 8.65. The van der Waals surface area contributed by atoms with Crippen LogP contribution in [0.3, 0.4) is 0 Å². The molecule has 0 saturated heterocycles. The number of nitrogens with zero attached hydrogens (tertiary/aromatic N) is 2. The lowest BCUT2D eigenvalue weighted by Gasteiger charge is -2.16. The average molecular weight is 472 g/mol. The lowest BCUT2D eigenvalue weighted by Crippen LogP contribution is -2.39. The Labute approximate surface area is 169 Å². The van der Waals surface area contributed by atoms with Gasteiger partial charge in [-0.05, 0) is 42.0 Å². The van der Waals surface area contributed by atoms with Crippen LogP contribution >= 0.6 is 35.3 Å². The highest BCUT2D eigenvalue weighted by Gasteiger charge is 2.08. The summed E-state index contributed by atoms with van der Waals surface area (Å²) in [5.74, 6) is 0.749. The molecule has 2 rings (SSSR count). The third-order valence-corrected chi connectivity index (χ3v) is 4.49. The zero-order chi connectivity index (χ0) is 17.4. The third kappa shape index (κ3) is 7.00. The quantitative estimate of drug-likeness (QED) is 0.381. The number of rotatable bonds is 6. The van der Waals surface area contributed by atoms with Crippen LogP contribution in [-0.2, 0) is 13.0 Å². The predicted molar refractivity (Wildman–Crippen MR) is 112 cm³/mol. The maximum atomic E-state index is 13.8. The van der Waals surface area contributed by atoms with Gasteiger partial charge in [0, 0.05) is 30.6 Å². The minimum Gasteiger partial charge on any atom is -0.356 e. The van der Waals surface area contributed by atoms with Gasteiger partial charge in [-0.1, -0.05) is 13.0 Å². The molecule has 4 nitrogen and oxygen atoms in total. The van der Waals surface area contributed by atoms with Gasteiger partial charge in [-0.2, -0.15) is 5.26 Å². The van der Waals surface area contributed by atoms with Crippen LogP contribution in [0.15, 0.2) is 40.7 Å². The normalized spacial score (nSPS) is 12.0. The molecule has 1 aromatic carbocycles. The zero-order valence-corrected chi connectivity index (χ0v) is 17.4. The number of guanidine groups is 1. The number of thiophene rings is 1. The van der Waals surface area contributed by atoms with Crippen LogP contribution < -0.4 is 10.6 Å². The summed E-state index contributed by atoms with van der Waals surface area (Å²) in [6.07, 6.45) is 1.01. The van der Waals surface area contributed by atoms with Crippen LogP contribution in [0.1, 0.15) is 22.9 Å². The van der Waals surface area contributed by atoms with Crippen molar-refractivity contribution in [3.05, 3.63) is 57.5 Å². The molecule has 0 fully saturated rings. The summed E-state index contributed by atoms with van der Waals surface area (Å²) >= 11 is 1.76. The van der Waals surface area contributed by atoms with Crippen LogP contribution in [0.2, 0.25) is 0 Å². The van der Waals surface area contributed by atoms with Gasteiger partial charge >= 0.3 is 0 Å². The van der Waals surface area contributed by atoms with Crippen molar-refractivity contribution in [3.63, 3.8) is 0 Å². The molecule has 0 bridgehead atoms. The fourth-order valence-electron chi connectivity index (χ4n) is 2.29. The van der Waals surface area contributed by atoms with E-state index in [0.29, 0.717) is 23.0 Å². The molecule has 0 aliphatic rings. The highest BCUT2D eigenvalue weighted by atomic mass is 127. The molecule has 134 valence electrons. The van der Waals surface area contributed by atoms with E-state index in [9.17, 15) is 4.39 Å². The van der Waals surface area contributed by atoms with Gasteiger partial charge in [0.25, 0.3) is 0 Å². The smallest absolute Gasteiger partial charge is 0.191 e. The monoisotopic (exact) mass is 472 g/mol. The van der Waals surface area contributed by atoms with E-state index < -0.39 is 0 Å². The van der Waals surface area contributed by atoms with Crippen molar-refractivity contribution in [2.75, 3.05) is 13.6 Å². The molecule has 1 atom stereocenters. The zero-order valence-electron chi connectivity index (χ0n) is 14.3. The van der Waals surface area contributed by atoms with Crippen LogP contribution in [0.5, 0.6) is 0 Å². The molecule has 2 aromatic rings. The maximum absolute atomic E-state index is 13.8. The molecule has 1 unspecified atom stereocenters. The minimum atomic E-state index is -0.331. The molecular formula is C18H22FIN4S. The molecule has 0 aliphatic heterocycles. The average Bonchev–Trinajstić information content (AvgIpc) is 3.09. The molecule has 1 aromatic heterocycles. The lowest BCUT2D eigenvalue weighted by molar-refractivity contribution is 0.560. The van der Waals surface area contributed by atoms with Gasteiger partial charge in [-0.25, -0.2) is 4.39 Å². The summed E-state index contributed by atoms with van der Waals surface area (Å²) in [4.78, 5) is 5.52. The number of aliphatic imine (C=N–C) groups is 1. The van der Waals surface area contributed by atoms with E-state index in [2.05, 4.69) is 40.1 Å². The van der Waals surface area contributed by atoms with Crippen LogP contribution in [-0.4, -0.2) is 19.6 Å². The van der Waals surface area contributed by atoms with Gasteiger partial charge in [0.05, 0.1) is 11.6 Å². The highest BCUT2D eigenvalue weighted by Crippen LogP contribution is 2.14. The second kappa shape index (κ2) is 11.1. The van der Waals surface area contributed by atoms with E-state index in [1.54, 1.807) is 24.5 Å². The van der Waals surface area contributed by atoms with E-state index in [1.165, 1.54) is 17.0 Å². The molecule has 0 spiro atoms. The van der Waals surface area contributed by atoms with Crippen molar-refractivity contribution < 1.29 is 4.39 Å². The number of benzene rings is 1. The van der Waals surface area contributed by atoms with E-state index in [1.807, 2.05) is 6.07 Å². The van der Waals surface area contributed by atoms with Gasteiger partial charge < -0.3 is 10.6 Å². The number of nitrogens with one attached hydrogen (secondary N) is 2. The SMILES string of the molecule is CN=C(NCc1cc(C#N)ccc1F)NCC(C)Cc1cccs1.I. The Morgan fingerprint density at radius 1 is 1.36 bits per heavy atom. The first kappa shape index (κ1) is 21.4. The highest BCUT2D eigenvalue weighted by molar-refractivity contribution is 14.0. The van der Waals surface area contributed by atoms with Crippen molar-refractivity contribution in [2.24, 2.45) is 10.9 Å². The molecule has 1 heterocycles. The van der Waals surface area contributed by atoms with E-state index in [0.717, 1.165) is 13.0 Å². The second-order valence-electron chi connectivity index (χ2n) is 5.61. The molecule has 0 amide bonds. The lowest BCUT2D eigenvalue weighted by atomic mass is 10.1. The van der Waals surface area contributed by atoms with Gasteiger partial charge in [-0.15, -0.1) is 35.3 Å². The minimum absolute atomic E-state index is 0. The molecule has 7 heteroatoms. The van der Waals surface area contributed by atoms with Crippen molar-refractivity contribution in [2.45, 2.75) is 19.9 Å². The summed E-state index contributed by atoms with van der Waals surface area (Å²) in [5, 5.41) is 17.3. The Morgan fingerprint density at radius 3 is 2.80 bits per heavy atom.